The van der Waals surface area contributed by atoms with Crippen LogP contribution in [-0.2, 0) is 29.2 Å². The minimum atomic E-state index is -4.62. The first kappa shape index (κ1) is 13.9. The largest absolute Gasteiger partial charge is 0.432 e. The van der Waals surface area contributed by atoms with Gasteiger partial charge in [0.2, 0.25) is 5.95 Å². The number of aryl methyl sites for hydroxylation is 1. The molecule has 7 nitrogen and oxygen atoms in total. The van der Waals surface area contributed by atoms with Crippen LogP contribution in [0, 0.1) is 0 Å². The smallest absolute Gasteiger partial charge is 0.320 e. The van der Waals surface area contributed by atoms with Crippen LogP contribution < -0.4 is 4.72 Å². The Hall–Kier alpha value is -2.04. The van der Waals surface area contributed by atoms with Crippen molar-refractivity contribution in [1.82, 2.24) is 19.5 Å². The second-order valence-corrected chi connectivity index (χ2v) is 6.15. The van der Waals surface area contributed by atoms with Crippen molar-refractivity contribution >= 4 is 16.0 Å². The molecule has 0 fully saturated rings. The van der Waals surface area contributed by atoms with Gasteiger partial charge in [-0.3, -0.25) is 0 Å². The van der Waals surface area contributed by atoms with E-state index < -0.39 is 27.8 Å². The number of aromatic nitrogens is 4. The fourth-order valence-electron chi connectivity index (χ4n) is 2.14. The predicted molar refractivity (Wildman–Crippen MR) is 64.9 cm³/mol. The summed E-state index contributed by atoms with van der Waals surface area (Å²) in [5, 5.41) is -0.0834. The fraction of sp³-hybridized carbons (Fsp3) is 0.400. The molecule has 114 valence electrons. The molecule has 0 saturated heterocycles. The molecule has 0 radical (unpaired) electrons. The summed E-state index contributed by atoms with van der Waals surface area (Å²) in [4.78, 5) is 9.24. The lowest BCUT2D eigenvalue weighted by Gasteiger charge is -2.07. The molecule has 2 aromatic rings. The number of sulfonamides is 1. The van der Waals surface area contributed by atoms with Crippen molar-refractivity contribution in [2.45, 2.75) is 30.6 Å². The number of aromatic amines is 1. The van der Waals surface area contributed by atoms with Gasteiger partial charge in [-0.05, 0) is 6.42 Å². The Bertz CT molecular complexity index is 777. The van der Waals surface area contributed by atoms with Crippen LogP contribution in [0.1, 0.15) is 17.9 Å². The van der Waals surface area contributed by atoms with Crippen LogP contribution in [0.2, 0.25) is 0 Å². The lowest BCUT2D eigenvalue weighted by atomic mass is 10.4. The Morgan fingerprint density at radius 3 is 2.71 bits per heavy atom. The number of hydrogen-bond acceptors (Lipinski definition) is 4. The predicted octanol–water partition coefficient (Wildman–Crippen LogP) is 1.37. The molecule has 2 N–H and O–H groups in total. The van der Waals surface area contributed by atoms with Gasteiger partial charge in [-0.1, -0.05) is 0 Å². The first-order chi connectivity index (χ1) is 9.77. The van der Waals surface area contributed by atoms with Crippen molar-refractivity contribution in [3.63, 3.8) is 0 Å². The number of nitrogens with one attached hydrogen (secondary N) is 2. The first-order valence-electron chi connectivity index (χ1n) is 5.97. The summed E-state index contributed by atoms with van der Waals surface area (Å²) in [6, 6.07) is 0. The van der Waals surface area contributed by atoms with E-state index in [1.807, 2.05) is 9.71 Å². The van der Waals surface area contributed by atoms with Gasteiger partial charge in [-0.15, -0.1) is 0 Å². The van der Waals surface area contributed by atoms with Crippen molar-refractivity contribution in [3.8, 4) is 0 Å². The Kier molecular flexibility index (Phi) is 2.97. The molecule has 1 aliphatic rings. The maximum atomic E-state index is 12.4. The Morgan fingerprint density at radius 2 is 2.05 bits per heavy atom. The van der Waals surface area contributed by atoms with Crippen LogP contribution in [-0.4, -0.2) is 27.9 Å². The molecule has 1 aliphatic heterocycles. The number of fused-ring (bicyclic) bond motifs is 1. The normalized spacial score (nSPS) is 15.2. The monoisotopic (exact) mass is 321 g/mol. The standard InChI is InChI=1S/C10H10F3N5O2S/c11-10(12,13)6-4-15-9(16-6)17-21(19,20)8-5-14-7-2-1-3-18(7)8/h4-5H,1-3H2,(H2,15,16,17). The van der Waals surface area contributed by atoms with Gasteiger partial charge in [-0.25, -0.2) is 14.7 Å². The highest BCUT2D eigenvalue weighted by Gasteiger charge is 2.34. The van der Waals surface area contributed by atoms with E-state index in [2.05, 4.69) is 9.97 Å². The van der Waals surface area contributed by atoms with Crippen molar-refractivity contribution in [2.75, 3.05) is 4.72 Å². The highest BCUT2D eigenvalue weighted by molar-refractivity contribution is 7.92. The number of rotatable bonds is 3. The number of imidazole rings is 2. The van der Waals surface area contributed by atoms with Crippen molar-refractivity contribution in [3.05, 3.63) is 23.9 Å². The summed E-state index contributed by atoms with van der Waals surface area (Å²) in [6.45, 7) is 0.511. The third kappa shape index (κ3) is 2.48. The Labute approximate surface area is 117 Å². The number of nitrogens with zero attached hydrogens (tertiary/aromatic N) is 3. The van der Waals surface area contributed by atoms with Gasteiger partial charge in [-0.2, -0.15) is 21.6 Å². The third-order valence-electron chi connectivity index (χ3n) is 3.07. The topological polar surface area (TPSA) is 92.7 Å². The van der Waals surface area contributed by atoms with Crippen LogP contribution >= 0.6 is 0 Å². The van der Waals surface area contributed by atoms with E-state index in [0.29, 0.717) is 25.0 Å². The van der Waals surface area contributed by atoms with E-state index in [1.54, 1.807) is 0 Å². The van der Waals surface area contributed by atoms with Crippen LogP contribution in [0.3, 0.4) is 0 Å². The molecule has 0 saturated carbocycles. The van der Waals surface area contributed by atoms with Gasteiger partial charge < -0.3 is 9.55 Å². The molecule has 2 aromatic heterocycles. The molecule has 21 heavy (non-hydrogen) atoms. The number of alkyl halides is 3. The number of H-pyrrole nitrogens is 1. The second-order valence-electron chi connectivity index (χ2n) is 4.52. The van der Waals surface area contributed by atoms with Crippen LogP contribution in [0.5, 0.6) is 0 Å². The zero-order valence-corrected chi connectivity index (χ0v) is 11.3. The van der Waals surface area contributed by atoms with E-state index in [4.69, 9.17) is 0 Å². The maximum Gasteiger partial charge on any atom is 0.432 e. The van der Waals surface area contributed by atoms with Crippen molar-refractivity contribution in [2.24, 2.45) is 0 Å². The van der Waals surface area contributed by atoms with E-state index in [-0.39, 0.29) is 5.03 Å². The molecule has 0 spiro atoms. The van der Waals surface area contributed by atoms with Crippen molar-refractivity contribution < 1.29 is 21.6 Å². The quantitative estimate of drug-likeness (QED) is 0.893. The third-order valence-corrected chi connectivity index (χ3v) is 4.41. The molecule has 0 aliphatic carbocycles. The van der Waals surface area contributed by atoms with E-state index in [9.17, 15) is 21.6 Å². The highest BCUT2D eigenvalue weighted by atomic mass is 32.2. The summed E-state index contributed by atoms with van der Waals surface area (Å²) >= 11 is 0. The average Bonchev–Trinajstić information content (AvgIpc) is 2.99. The van der Waals surface area contributed by atoms with E-state index in [1.165, 1.54) is 10.8 Å². The summed E-state index contributed by atoms with van der Waals surface area (Å²) in [5.74, 6) is 0.154. The zero-order chi connectivity index (χ0) is 15.3. The molecular formula is C10H10F3N5O2S. The molecule has 0 bridgehead atoms. The van der Waals surface area contributed by atoms with Crippen LogP contribution in [0.15, 0.2) is 17.4 Å². The number of hydrogen-bond donors (Lipinski definition) is 2. The summed E-state index contributed by atoms with van der Waals surface area (Å²) < 4.78 is 65.1. The Balaban J connectivity index is 1.88. The van der Waals surface area contributed by atoms with Crippen LogP contribution in [0.4, 0.5) is 19.1 Å². The maximum absolute atomic E-state index is 12.4. The molecule has 11 heteroatoms. The first-order valence-corrected chi connectivity index (χ1v) is 7.45. The van der Waals surface area contributed by atoms with Gasteiger partial charge in [0.05, 0.1) is 12.4 Å². The zero-order valence-electron chi connectivity index (χ0n) is 10.5. The van der Waals surface area contributed by atoms with E-state index in [0.717, 1.165) is 6.42 Å². The minimum Gasteiger partial charge on any atom is -0.320 e. The molecule has 0 atom stereocenters. The molecule has 0 aromatic carbocycles. The molecule has 0 amide bonds. The SMILES string of the molecule is O=S(=O)(Nc1ncc(C(F)(F)F)[nH]1)c1cnc2n1CCC2. The molecular weight excluding hydrogens is 311 g/mol. The van der Waals surface area contributed by atoms with Gasteiger partial charge in [0, 0.05) is 13.0 Å². The summed E-state index contributed by atoms with van der Waals surface area (Å²) in [6.07, 6.45) is -1.45. The van der Waals surface area contributed by atoms with Gasteiger partial charge in [0.25, 0.3) is 10.0 Å². The highest BCUT2D eigenvalue weighted by Crippen LogP contribution is 2.28. The molecule has 3 heterocycles. The summed E-state index contributed by atoms with van der Waals surface area (Å²) in [5.41, 5.74) is -1.13. The van der Waals surface area contributed by atoms with Crippen molar-refractivity contribution in [1.29, 1.82) is 0 Å². The van der Waals surface area contributed by atoms with Gasteiger partial charge in [0.1, 0.15) is 11.5 Å². The van der Waals surface area contributed by atoms with Crippen LogP contribution in [0.25, 0.3) is 0 Å². The molecule has 0 unspecified atom stereocenters. The average molecular weight is 321 g/mol. The lowest BCUT2D eigenvalue weighted by Crippen LogP contribution is -2.18. The van der Waals surface area contributed by atoms with Gasteiger partial charge in [0.15, 0.2) is 5.03 Å². The number of anilines is 1. The fourth-order valence-corrected chi connectivity index (χ4v) is 3.28. The minimum absolute atomic E-state index is 0.0834. The molecule has 3 rings (SSSR count). The van der Waals surface area contributed by atoms with E-state index >= 15 is 0 Å². The summed E-state index contributed by atoms with van der Waals surface area (Å²) in [7, 11) is -4.04. The number of halogens is 3. The Morgan fingerprint density at radius 1 is 1.29 bits per heavy atom. The lowest BCUT2D eigenvalue weighted by molar-refractivity contribution is -0.140. The van der Waals surface area contributed by atoms with Gasteiger partial charge >= 0.3 is 6.18 Å². The second kappa shape index (κ2) is 4.48.